The van der Waals surface area contributed by atoms with Crippen LogP contribution in [0.5, 0.6) is 0 Å². The van der Waals surface area contributed by atoms with Crippen LogP contribution in [0.1, 0.15) is 45.4 Å². The molecule has 2 unspecified atom stereocenters. The maximum Gasteiger partial charge on any atom is 0.134 e. The van der Waals surface area contributed by atoms with Crippen molar-refractivity contribution < 1.29 is 4.79 Å². The maximum atomic E-state index is 11.4. The van der Waals surface area contributed by atoms with Gasteiger partial charge in [0.1, 0.15) is 5.78 Å². The number of Topliss-reactive ketones (excluding diaryl/α,β-unsaturated/α-hetero) is 1. The molecule has 2 rings (SSSR count). The highest BCUT2D eigenvalue weighted by molar-refractivity contribution is 5.79. The molecule has 0 amide bonds. The van der Waals surface area contributed by atoms with Gasteiger partial charge in [-0.1, -0.05) is 13.3 Å². The van der Waals surface area contributed by atoms with E-state index >= 15 is 0 Å². The van der Waals surface area contributed by atoms with Gasteiger partial charge >= 0.3 is 0 Å². The van der Waals surface area contributed by atoms with Gasteiger partial charge in [0.15, 0.2) is 0 Å². The van der Waals surface area contributed by atoms with Gasteiger partial charge in [-0.2, -0.15) is 0 Å². The Balaban J connectivity index is 1.95. The maximum absolute atomic E-state index is 11.4. The van der Waals surface area contributed by atoms with Crippen molar-refractivity contribution in [2.24, 2.45) is 5.92 Å². The molecule has 0 aromatic heterocycles. The van der Waals surface area contributed by atoms with E-state index < -0.39 is 0 Å². The fraction of sp³-hybridized carbons (Fsp3) is 0.917. The van der Waals surface area contributed by atoms with Crippen molar-refractivity contribution >= 4 is 5.78 Å². The van der Waals surface area contributed by atoms with Gasteiger partial charge in [0, 0.05) is 24.9 Å². The van der Waals surface area contributed by atoms with Crippen molar-refractivity contribution in [1.82, 2.24) is 4.90 Å². The van der Waals surface area contributed by atoms with Crippen LogP contribution in [0.25, 0.3) is 0 Å². The average molecular weight is 195 g/mol. The second kappa shape index (κ2) is 4.01. The Morgan fingerprint density at radius 1 is 1.29 bits per heavy atom. The Morgan fingerprint density at radius 3 is 2.57 bits per heavy atom. The van der Waals surface area contributed by atoms with Gasteiger partial charge in [0.05, 0.1) is 0 Å². The zero-order chi connectivity index (χ0) is 10.1. The summed E-state index contributed by atoms with van der Waals surface area (Å²) < 4.78 is 0. The number of carbonyl (C=O) groups excluding carboxylic acids is 1. The predicted octanol–water partition coefficient (Wildman–Crippen LogP) is 2.23. The van der Waals surface area contributed by atoms with Crippen LogP contribution in [0.4, 0.5) is 0 Å². The molecule has 0 saturated heterocycles. The molecule has 14 heavy (non-hydrogen) atoms. The molecule has 2 aliphatic carbocycles. The molecule has 0 bridgehead atoms. The Hall–Kier alpha value is -0.370. The SMILES string of the molecule is CC1CCC(=O)CC1N(C)C1CCC1. The van der Waals surface area contributed by atoms with Crippen LogP contribution in [0.15, 0.2) is 0 Å². The lowest BCUT2D eigenvalue weighted by Gasteiger charge is -2.43. The van der Waals surface area contributed by atoms with Crippen LogP contribution >= 0.6 is 0 Å². The van der Waals surface area contributed by atoms with Gasteiger partial charge in [-0.05, 0) is 32.2 Å². The molecule has 2 heteroatoms. The third-order valence-corrected chi connectivity index (χ3v) is 4.15. The number of carbonyl (C=O) groups is 1. The van der Waals surface area contributed by atoms with Crippen LogP contribution in [-0.4, -0.2) is 29.8 Å². The van der Waals surface area contributed by atoms with E-state index in [1.807, 2.05) is 0 Å². The quantitative estimate of drug-likeness (QED) is 0.673. The molecule has 80 valence electrons. The highest BCUT2D eigenvalue weighted by atomic mass is 16.1. The third-order valence-electron chi connectivity index (χ3n) is 4.15. The second-order valence-corrected chi connectivity index (χ2v) is 5.08. The Morgan fingerprint density at radius 2 is 2.00 bits per heavy atom. The first-order chi connectivity index (χ1) is 6.68. The molecule has 0 spiro atoms. The van der Waals surface area contributed by atoms with Crippen molar-refractivity contribution in [2.75, 3.05) is 7.05 Å². The van der Waals surface area contributed by atoms with E-state index in [1.54, 1.807) is 0 Å². The molecule has 0 aromatic rings. The van der Waals surface area contributed by atoms with Crippen molar-refractivity contribution in [3.8, 4) is 0 Å². The normalized spacial score (nSPS) is 34.6. The summed E-state index contributed by atoms with van der Waals surface area (Å²) in [4.78, 5) is 13.9. The summed E-state index contributed by atoms with van der Waals surface area (Å²) in [5.74, 6) is 1.18. The number of rotatable bonds is 2. The summed E-state index contributed by atoms with van der Waals surface area (Å²) in [6.45, 7) is 2.30. The zero-order valence-corrected chi connectivity index (χ0v) is 9.33. The van der Waals surface area contributed by atoms with Crippen molar-refractivity contribution in [3.63, 3.8) is 0 Å². The molecule has 0 radical (unpaired) electrons. The van der Waals surface area contributed by atoms with E-state index in [2.05, 4.69) is 18.9 Å². The average Bonchev–Trinajstić information content (AvgIpc) is 2.06. The highest BCUT2D eigenvalue weighted by Crippen LogP contribution is 2.32. The summed E-state index contributed by atoms with van der Waals surface area (Å²) in [6.07, 6.45) is 6.77. The zero-order valence-electron chi connectivity index (χ0n) is 9.33. The summed E-state index contributed by atoms with van der Waals surface area (Å²) in [5, 5.41) is 0. The van der Waals surface area contributed by atoms with Gasteiger partial charge in [-0.3, -0.25) is 9.69 Å². The molecule has 2 nitrogen and oxygen atoms in total. The molecule has 0 aromatic carbocycles. The van der Waals surface area contributed by atoms with Gasteiger partial charge in [-0.25, -0.2) is 0 Å². The van der Waals surface area contributed by atoms with Crippen LogP contribution in [0.3, 0.4) is 0 Å². The van der Waals surface area contributed by atoms with E-state index in [9.17, 15) is 4.79 Å². The van der Waals surface area contributed by atoms with Gasteiger partial charge in [0.25, 0.3) is 0 Å². The largest absolute Gasteiger partial charge is 0.300 e. The molecule has 0 aliphatic heterocycles. The van der Waals surface area contributed by atoms with Crippen molar-refractivity contribution in [2.45, 2.75) is 57.5 Å². The lowest BCUT2D eigenvalue weighted by Crippen LogP contribution is -2.49. The van der Waals surface area contributed by atoms with E-state index in [1.165, 1.54) is 19.3 Å². The molecule has 2 aliphatic rings. The Bertz CT molecular complexity index is 222. The summed E-state index contributed by atoms with van der Waals surface area (Å²) in [7, 11) is 2.21. The van der Waals surface area contributed by atoms with E-state index in [0.717, 1.165) is 25.3 Å². The number of ketones is 1. The molecular weight excluding hydrogens is 174 g/mol. The lowest BCUT2D eigenvalue weighted by molar-refractivity contribution is -0.123. The first-order valence-electron chi connectivity index (χ1n) is 5.92. The minimum Gasteiger partial charge on any atom is -0.300 e. The minimum atomic E-state index is 0.472. The van der Waals surface area contributed by atoms with Crippen molar-refractivity contribution in [1.29, 1.82) is 0 Å². The third kappa shape index (κ3) is 1.85. The Labute approximate surface area is 86.7 Å². The van der Waals surface area contributed by atoms with Gasteiger partial charge in [-0.15, -0.1) is 0 Å². The van der Waals surface area contributed by atoms with E-state index in [0.29, 0.717) is 17.7 Å². The topological polar surface area (TPSA) is 20.3 Å². The summed E-state index contributed by atoms with van der Waals surface area (Å²) in [6, 6.07) is 1.30. The van der Waals surface area contributed by atoms with Crippen LogP contribution in [0, 0.1) is 5.92 Å². The molecule has 0 heterocycles. The molecule has 2 saturated carbocycles. The van der Waals surface area contributed by atoms with Crippen LogP contribution < -0.4 is 0 Å². The van der Waals surface area contributed by atoms with Crippen molar-refractivity contribution in [3.05, 3.63) is 0 Å². The van der Waals surface area contributed by atoms with Gasteiger partial charge in [0.2, 0.25) is 0 Å². The second-order valence-electron chi connectivity index (χ2n) is 5.08. The number of hydrogen-bond donors (Lipinski definition) is 0. The van der Waals surface area contributed by atoms with Crippen LogP contribution in [0.2, 0.25) is 0 Å². The molecule has 2 fully saturated rings. The van der Waals surface area contributed by atoms with E-state index in [4.69, 9.17) is 0 Å². The summed E-state index contributed by atoms with van der Waals surface area (Å²) >= 11 is 0. The number of nitrogens with zero attached hydrogens (tertiary/aromatic N) is 1. The predicted molar refractivity (Wildman–Crippen MR) is 57.2 cm³/mol. The molecular formula is C12H21NO. The molecule has 0 N–H and O–H groups in total. The fourth-order valence-electron chi connectivity index (χ4n) is 2.73. The minimum absolute atomic E-state index is 0.472. The fourth-order valence-corrected chi connectivity index (χ4v) is 2.73. The number of hydrogen-bond acceptors (Lipinski definition) is 2. The highest BCUT2D eigenvalue weighted by Gasteiger charge is 2.34. The first-order valence-corrected chi connectivity index (χ1v) is 5.92. The smallest absolute Gasteiger partial charge is 0.134 e. The van der Waals surface area contributed by atoms with Crippen LogP contribution in [-0.2, 0) is 4.79 Å². The molecule has 2 atom stereocenters. The lowest BCUT2D eigenvalue weighted by atomic mass is 9.81. The Kier molecular flexibility index (Phi) is 2.91. The first kappa shape index (κ1) is 10.2. The monoisotopic (exact) mass is 195 g/mol. The van der Waals surface area contributed by atoms with Gasteiger partial charge < -0.3 is 0 Å². The standard InChI is InChI=1S/C12H21NO/c1-9-6-7-11(14)8-12(9)13(2)10-4-3-5-10/h9-10,12H,3-8H2,1-2H3. The summed E-state index contributed by atoms with van der Waals surface area (Å²) in [5.41, 5.74) is 0. The van der Waals surface area contributed by atoms with E-state index in [-0.39, 0.29) is 0 Å².